The number of aryl methyl sites for hydroxylation is 1. The fraction of sp³-hybridized carbons (Fsp3) is 0.400. The number of rotatable bonds is 4. The maximum Gasteiger partial charge on any atom is 0.172 e. The highest BCUT2D eigenvalue weighted by atomic mass is 79.9. The number of thiocarbonyl (C=S) groups is 1. The van der Waals surface area contributed by atoms with E-state index in [-0.39, 0.29) is 5.41 Å². The van der Waals surface area contributed by atoms with Crippen LogP contribution in [0.2, 0.25) is 5.02 Å². The van der Waals surface area contributed by atoms with E-state index in [4.69, 9.17) is 23.8 Å². The second-order valence-corrected chi connectivity index (χ2v) is 9.59. The highest BCUT2D eigenvalue weighted by Crippen LogP contribution is 2.39. The molecule has 1 aliphatic rings. The van der Waals surface area contributed by atoms with Gasteiger partial charge in [-0.15, -0.1) is 0 Å². The number of hydrogen-bond donors (Lipinski definition) is 2. The van der Waals surface area contributed by atoms with E-state index in [0.29, 0.717) is 5.11 Å². The monoisotopic (exact) mass is 529 g/mol. The molecule has 1 heterocycles. The molecule has 144 valence electrons. The van der Waals surface area contributed by atoms with E-state index in [1.807, 2.05) is 25.1 Å². The number of aromatic nitrogens is 1. The molecule has 7 heteroatoms. The Morgan fingerprint density at radius 1 is 1.15 bits per heavy atom. The first-order chi connectivity index (χ1) is 12.9. The largest absolute Gasteiger partial charge is 0.362 e. The highest BCUT2D eigenvalue weighted by Gasteiger charge is 2.34. The minimum absolute atomic E-state index is 0.0921. The van der Waals surface area contributed by atoms with Crippen molar-refractivity contribution in [3.8, 4) is 0 Å². The van der Waals surface area contributed by atoms with Crippen LogP contribution >= 0.6 is 55.7 Å². The van der Waals surface area contributed by atoms with Gasteiger partial charge in [-0.25, -0.2) is 4.98 Å². The summed E-state index contributed by atoms with van der Waals surface area (Å²) in [4.78, 5) is 4.55. The lowest BCUT2D eigenvalue weighted by Gasteiger charge is -2.38. The van der Waals surface area contributed by atoms with Gasteiger partial charge in [0.15, 0.2) is 5.11 Å². The topological polar surface area (TPSA) is 37.0 Å². The Balaban J connectivity index is 1.71. The molecular weight excluding hydrogens is 510 g/mol. The zero-order chi connectivity index (χ0) is 19.4. The number of nitrogens with zero attached hydrogens (tertiary/aromatic N) is 1. The smallest absolute Gasteiger partial charge is 0.172 e. The Hall–Kier alpha value is -0.690. The van der Waals surface area contributed by atoms with Crippen LogP contribution in [-0.2, 0) is 5.41 Å². The molecule has 0 aliphatic heterocycles. The van der Waals surface area contributed by atoms with Crippen molar-refractivity contribution in [2.24, 2.45) is 0 Å². The Bertz CT molecular complexity index is 821. The van der Waals surface area contributed by atoms with E-state index < -0.39 is 0 Å². The Morgan fingerprint density at radius 2 is 1.81 bits per heavy atom. The molecule has 1 aromatic carbocycles. The zero-order valence-electron chi connectivity index (χ0n) is 15.1. The van der Waals surface area contributed by atoms with Gasteiger partial charge < -0.3 is 10.6 Å². The van der Waals surface area contributed by atoms with Crippen molar-refractivity contribution in [1.82, 2.24) is 10.3 Å². The van der Waals surface area contributed by atoms with E-state index in [1.54, 1.807) is 0 Å². The minimum atomic E-state index is 0.0921. The summed E-state index contributed by atoms with van der Waals surface area (Å²) < 4.78 is 1.83. The summed E-state index contributed by atoms with van der Waals surface area (Å²) in [7, 11) is 0. The molecular formula is C20H22Br2ClN3S. The van der Waals surface area contributed by atoms with Gasteiger partial charge in [0.05, 0.1) is 10.2 Å². The van der Waals surface area contributed by atoms with Crippen molar-refractivity contribution in [2.45, 2.75) is 44.4 Å². The Morgan fingerprint density at radius 3 is 2.48 bits per heavy atom. The third-order valence-corrected chi connectivity index (χ3v) is 7.10. The van der Waals surface area contributed by atoms with Crippen molar-refractivity contribution >= 4 is 66.6 Å². The molecule has 27 heavy (non-hydrogen) atoms. The molecule has 0 spiro atoms. The second-order valence-electron chi connectivity index (χ2n) is 7.04. The van der Waals surface area contributed by atoms with Crippen molar-refractivity contribution in [2.75, 3.05) is 11.9 Å². The van der Waals surface area contributed by atoms with Gasteiger partial charge in [-0.1, -0.05) is 43.0 Å². The molecule has 1 saturated carbocycles. The second kappa shape index (κ2) is 9.21. The predicted octanol–water partition coefficient (Wildman–Crippen LogP) is 6.76. The number of halogens is 3. The average molecular weight is 532 g/mol. The normalized spacial score (nSPS) is 16.0. The Labute approximate surface area is 187 Å². The molecule has 3 rings (SSSR count). The molecule has 0 bridgehead atoms. The van der Waals surface area contributed by atoms with Crippen LogP contribution in [0.15, 0.2) is 39.3 Å². The first-order valence-corrected chi connectivity index (χ1v) is 11.4. The molecule has 1 aromatic heterocycles. The average Bonchev–Trinajstić information content (AvgIpc) is 2.66. The van der Waals surface area contributed by atoms with Crippen LogP contribution in [0.25, 0.3) is 0 Å². The summed E-state index contributed by atoms with van der Waals surface area (Å²) >= 11 is 18.7. The number of nitrogens with one attached hydrogen (secondary N) is 2. The summed E-state index contributed by atoms with van der Waals surface area (Å²) in [6.07, 6.45) is 6.09. The summed E-state index contributed by atoms with van der Waals surface area (Å²) in [5.41, 5.74) is 2.34. The van der Waals surface area contributed by atoms with Gasteiger partial charge in [-0.2, -0.15) is 0 Å². The van der Waals surface area contributed by atoms with Gasteiger partial charge in [-0.3, -0.25) is 0 Å². The molecule has 1 aliphatic carbocycles. The standard InChI is InChI=1S/C20H22Br2ClN3S/c1-13-16(21)11-17(22)18(25-13)26-19(27)24-12-20(9-3-2-4-10-20)14-5-7-15(23)8-6-14/h5-8,11H,2-4,9-10,12H2,1H3,(H2,24,25,26,27). The summed E-state index contributed by atoms with van der Waals surface area (Å²) in [5, 5.41) is 8.01. The minimum Gasteiger partial charge on any atom is -0.362 e. The van der Waals surface area contributed by atoms with Gasteiger partial charge in [0, 0.05) is 21.5 Å². The molecule has 2 N–H and O–H groups in total. The lowest BCUT2D eigenvalue weighted by molar-refractivity contribution is 0.292. The van der Waals surface area contributed by atoms with Crippen LogP contribution in [0.3, 0.4) is 0 Å². The Kier molecular flexibility index (Phi) is 7.17. The van der Waals surface area contributed by atoms with Crippen LogP contribution in [0.4, 0.5) is 5.82 Å². The van der Waals surface area contributed by atoms with Gasteiger partial charge >= 0.3 is 0 Å². The maximum atomic E-state index is 6.09. The molecule has 1 fully saturated rings. The molecule has 0 unspecified atom stereocenters. The van der Waals surface area contributed by atoms with Crippen LogP contribution < -0.4 is 10.6 Å². The molecule has 0 saturated heterocycles. The lowest BCUT2D eigenvalue weighted by atomic mass is 9.69. The third-order valence-electron chi connectivity index (χ3n) is 5.19. The SMILES string of the molecule is Cc1nc(NC(=S)NCC2(c3ccc(Cl)cc3)CCCCC2)c(Br)cc1Br. The number of hydrogen-bond acceptors (Lipinski definition) is 2. The number of pyridine rings is 1. The van der Waals surface area contributed by atoms with Crippen LogP contribution in [0, 0.1) is 6.92 Å². The van der Waals surface area contributed by atoms with Crippen LogP contribution in [0.5, 0.6) is 0 Å². The fourth-order valence-corrected chi connectivity index (χ4v) is 4.98. The maximum absolute atomic E-state index is 6.09. The van der Waals surface area contributed by atoms with Gasteiger partial charge in [-0.05, 0) is 87.6 Å². The van der Waals surface area contributed by atoms with Crippen molar-refractivity contribution < 1.29 is 0 Å². The first-order valence-electron chi connectivity index (χ1n) is 9.03. The zero-order valence-corrected chi connectivity index (χ0v) is 19.9. The fourth-order valence-electron chi connectivity index (χ4n) is 3.65. The van der Waals surface area contributed by atoms with E-state index in [1.165, 1.54) is 24.8 Å². The van der Waals surface area contributed by atoms with Gasteiger partial charge in [0.25, 0.3) is 0 Å². The van der Waals surface area contributed by atoms with Crippen LogP contribution in [-0.4, -0.2) is 16.6 Å². The van der Waals surface area contributed by atoms with Crippen molar-refractivity contribution in [3.05, 3.63) is 55.6 Å². The van der Waals surface area contributed by atoms with E-state index >= 15 is 0 Å². The quantitative estimate of drug-likeness (QED) is 0.428. The highest BCUT2D eigenvalue weighted by molar-refractivity contribution is 9.11. The third kappa shape index (κ3) is 5.22. The van der Waals surface area contributed by atoms with Gasteiger partial charge in [0.1, 0.15) is 5.82 Å². The number of anilines is 1. The molecule has 2 aromatic rings. The molecule has 0 radical (unpaired) electrons. The lowest BCUT2D eigenvalue weighted by Crippen LogP contribution is -2.43. The molecule has 0 amide bonds. The molecule has 3 nitrogen and oxygen atoms in total. The van der Waals surface area contributed by atoms with E-state index in [0.717, 1.165) is 44.9 Å². The van der Waals surface area contributed by atoms with Crippen molar-refractivity contribution in [3.63, 3.8) is 0 Å². The summed E-state index contributed by atoms with van der Waals surface area (Å²) in [6.45, 7) is 2.75. The molecule has 0 atom stereocenters. The number of benzene rings is 1. The van der Waals surface area contributed by atoms with E-state index in [2.05, 4.69) is 59.6 Å². The van der Waals surface area contributed by atoms with Crippen molar-refractivity contribution in [1.29, 1.82) is 0 Å². The summed E-state index contributed by atoms with van der Waals surface area (Å²) in [6, 6.07) is 10.2. The summed E-state index contributed by atoms with van der Waals surface area (Å²) in [5.74, 6) is 0.720. The van der Waals surface area contributed by atoms with E-state index in [9.17, 15) is 0 Å². The van der Waals surface area contributed by atoms with Gasteiger partial charge in [0.2, 0.25) is 0 Å². The van der Waals surface area contributed by atoms with Crippen LogP contribution in [0.1, 0.15) is 43.4 Å². The predicted molar refractivity (Wildman–Crippen MR) is 125 cm³/mol. The first kappa shape index (κ1) is 21.0.